The molecule has 2 heterocycles. The fourth-order valence-electron chi connectivity index (χ4n) is 3.10. The van der Waals surface area contributed by atoms with E-state index in [0.29, 0.717) is 25.9 Å². The van der Waals surface area contributed by atoms with Crippen LogP contribution in [0.4, 0.5) is 0 Å². The number of hydrogen-bond acceptors (Lipinski definition) is 3. The summed E-state index contributed by atoms with van der Waals surface area (Å²) in [7, 11) is 1.77. The molecule has 0 saturated carbocycles. The lowest BCUT2D eigenvalue weighted by Gasteiger charge is -2.42. The topological polar surface area (TPSA) is 60.9 Å². The Bertz CT molecular complexity index is 438. The van der Waals surface area contributed by atoms with E-state index in [1.54, 1.807) is 21.7 Å². The first kappa shape index (κ1) is 15.8. The van der Waals surface area contributed by atoms with Gasteiger partial charge in [0.05, 0.1) is 6.54 Å². The summed E-state index contributed by atoms with van der Waals surface area (Å²) < 4.78 is 0. The van der Waals surface area contributed by atoms with Gasteiger partial charge in [0.1, 0.15) is 6.04 Å². The van der Waals surface area contributed by atoms with E-state index < -0.39 is 0 Å². The van der Waals surface area contributed by atoms with E-state index in [0.717, 1.165) is 12.8 Å². The van der Waals surface area contributed by atoms with E-state index in [2.05, 4.69) is 0 Å². The number of nitrogens with zero attached hydrogens (tertiary/aromatic N) is 3. The maximum absolute atomic E-state index is 12.7. The molecule has 0 unspecified atom stereocenters. The number of likely N-dealkylation sites (N-methyl/N-ethyl adjacent to an activating group) is 1. The van der Waals surface area contributed by atoms with Gasteiger partial charge in [-0.25, -0.2) is 0 Å². The van der Waals surface area contributed by atoms with Crippen LogP contribution in [-0.2, 0) is 14.4 Å². The van der Waals surface area contributed by atoms with Gasteiger partial charge in [-0.1, -0.05) is 6.92 Å². The monoisotopic (exact) mass is 295 g/mol. The van der Waals surface area contributed by atoms with Gasteiger partial charge in [0, 0.05) is 32.6 Å². The van der Waals surface area contributed by atoms with E-state index in [4.69, 9.17) is 0 Å². The molecular weight excluding hydrogens is 270 g/mol. The minimum Gasteiger partial charge on any atom is -0.340 e. The van der Waals surface area contributed by atoms with Crippen LogP contribution in [0.15, 0.2) is 0 Å². The zero-order valence-electron chi connectivity index (χ0n) is 13.2. The van der Waals surface area contributed by atoms with Crippen LogP contribution < -0.4 is 0 Å². The highest BCUT2D eigenvalue weighted by Gasteiger charge is 2.37. The van der Waals surface area contributed by atoms with Crippen molar-refractivity contribution in [2.45, 2.75) is 51.6 Å². The Balaban J connectivity index is 2.10. The van der Waals surface area contributed by atoms with Crippen molar-refractivity contribution in [2.24, 2.45) is 0 Å². The third-order valence-electron chi connectivity index (χ3n) is 4.59. The highest BCUT2D eigenvalue weighted by molar-refractivity contribution is 5.91. The molecule has 0 aromatic carbocycles. The minimum atomic E-state index is -0.380. The number of carbonyl (C=O) groups excluding carboxylic acids is 3. The quantitative estimate of drug-likeness (QED) is 0.744. The maximum atomic E-state index is 12.7. The molecule has 21 heavy (non-hydrogen) atoms. The Hall–Kier alpha value is -1.59. The number of rotatable bonds is 2. The van der Waals surface area contributed by atoms with E-state index in [-0.39, 0.29) is 36.3 Å². The number of likely N-dealkylation sites (tertiary alicyclic amines) is 1. The normalized spacial score (nSPS) is 27.0. The molecule has 0 bridgehead atoms. The van der Waals surface area contributed by atoms with Crippen LogP contribution in [0.2, 0.25) is 0 Å². The lowest BCUT2D eigenvalue weighted by molar-refractivity contribution is -0.154. The molecule has 0 N–H and O–H groups in total. The number of piperidine rings is 1. The van der Waals surface area contributed by atoms with Crippen LogP contribution in [0.5, 0.6) is 0 Å². The highest BCUT2D eigenvalue weighted by atomic mass is 16.2. The second kappa shape index (κ2) is 6.45. The van der Waals surface area contributed by atoms with Gasteiger partial charge < -0.3 is 14.7 Å². The molecule has 0 spiro atoms. The second-order valence-electron chi connectivity index (χ2n) is 6.02. The summed E-state index contributed by atoms with van der Waals surface area (Å²) in [6.45, 7) is 5.09. The molecule has 2 aliphatic rings. The van der Waals surface area contributed by atoms with Gasteiger partial charge >= 0.3 is 0 Å². The van der Waals surface area contributed by atoms with Crippen molar-refractivity contribution in [2.75, 3.05) is 26.7 Å². The first-order chi connectivity index (χ1) is 9.95. The molecule has 0 aliphatic carbocycles. The van der Waals surface area contributed by atoms with E-state index in [1.807, 2.05) is 13.8 Å². The number of amides is 3. The van der Waals surface area contributed by atoms with Crippen molar-refractivity contribution in [3.8, 4) is 0 Å². The van der Waals surface area contributed by atoms with E-state index >= 15 is 0 Å². The van der Waals surface area contributed by atoms with Crippen LogP contribution in [0.25, 0.3) is 0 Å². The molecule has 118 valence electrons. The molecule has 6 nitrogen and oxygen atoms in total. The summed E-state index contributed by atoms with van der Waals surface area (Å²) in [4.78, 5) is 41.7. The fourth-order valence-corrected chi connectivity index (χ4v) is 3.10. The molecule has 2 aliphatic heterocycles. The zero-order valence-corrected chi connectivity index (χ0v) is 13.2. The average molecular weight is 295 g/mol. The van der Waals surface area contributed by atoms with Gasteiger partial charge in [0.2, 0.25) is 17.7 Å². The van der Waals surface area contributed by atoms with Gasteiger partial charge in [-0.3, -0.25) is 14.4 Å². The lowest BCUT2D eigenvalue weighted by atomic mass is 9.99. The zero-order chi connectivity index (χ0) is 15.6. The van der Waals surface area contributed by atoms with Crippen molar-refractivity contribution in [1.82, 2.24) is 14.7 Å². The Morgan fingerprint density at radius 3 is 2.62 bits per heavy atom. The smallest absolute Gasteiger partial charge is 0.245 e. The Morgan fingerprint density at radius 2 is 2.00 bits per heavy atom. The Labute approximate surface area is 126 Å². The first-order valence-electron chi connectivity index (χ1n) is 7.79. The minimum absolute atomic E-state index is 0.0223. The van der Waals surface area contributed by atoms with Gasteiger partial charge in [0.25, 0.3) is 0 Å². The first-order valence-corrected chi connectivity index (χ1v) is 7.79. The Kier molecular flexibility index (Phi) is 4.85. The summed E-state index contributed by atoms with van der Waals surface area (Å²) in [6, 6.07) is -0.358. The van der Waals surface area contributed by atoms with E-state index in [9.17, 15) is 14.4 Å². The van der Waals surface area contributed by atoms with Crippen LogP contribution in [0.3, 0.4) is 0 Å². The second-order valence-corrected chi connectivity index (χ2v) is 6.02. The third kappa shape index (κ3) is 3.19. The standard InChI is InChI=1S/C15H25N3O3/c1-4-13(19)18-8-6-5-7-12(18)15(21)17-9-11(2)16(3)14(20)10-17/h11-12H,4-10H2,1-3H3/t11-,12+/m1/s1. The van der Waals surface area contributed by atoms with Gasteiger partial charge in [-0.05, 0) is 26.2 Å². The van der Waals surface area contributed by atoms with Gasteiger partial charge in [0.15, 0.2) is 0 Å². The summed E-state index contributed by atoms with van der Waals surface area (Å²) in [6.07, 6.45) is 3.04. The molecule has 3 amide bonds. The molecule has 0 radical (unpaired) electrons. The van der Waals surface area contributed by atoms with Crippen molar-refractivity contribution in [3.63, 3.8) is 0 Å². The van der Waals surface area contributed by atoms with Crippen molar-refractivity contribution in [3.05, 3.63) is 0 Å². The van der Waals surface area contributed by atoms with Crippen molar-refractivity contribution < 1.29 is 14.4 Å². The van der Waals surface area contributed by atoms with Gasteiger partial charge in [-0.2, -0.15) is 0 Å². The average Bonchev–Trinajstić information content (AvgIpc) is 2.50. The number of carbonyl (C=O) groups is 3. The summed E-state index contributed by atoms with van der Waals surface area (Å²) in [5.41, 5.74) is 0. The SMILES string of the molecule is CCC(=O)N1CCCC[C@H]1C(=O)N1CC(=O)N(C)[C@H](C)C1. The van der Waals surface area contributed by atoms with Crippen LogP contribution in [-0.4, -0.2) is 71.2 Å². The summed E-state index contributed by atoms with van der Waals surface area (Å²) in [5, 5.41) is 0. The van der Waals surface area contributed by atoms with Crippen LogP contribution in [0, 0.1) is 0 Å². The predicted octanol–water partition coefficient (Wildman–Crippen LogP) is 0.467. The predicted molar refractivity (Wildman–Crippen MR) is 78.5 cm³/mol. The van der Waals surface area contributed by atoms with Crippen LogP contribution in [0.1, 0.15) is 39.5 Å². The molecule has 0 aromatic rings. The molecule has 2 rings (SSSR count). The fraction of sp³-hybridized carbons (Fsp3) is 0.800. The Morgan fingerprint density at radius 1 is 1.29 bits per heavy atom. The van der Waals surface area contributed by atoms with Gasteiger partial charge in [-0.15, -0.1) is 0 Å². The largest absolute Gasteiger partial charge is 0.340 e. The maximum Gasteiger partial charge on any atom is 0.245 e. The van der Waals surface area contributed by atoms with E-state index in [1.165, 1.54) is 0 Å². The molecular formula is C15H25N3O3. The summed E-state index contributed by atoms with van der Waals surface area (Å²) >= 11 is 0. The molecule has 0 aromatic heterocycles. The summed E-state index contributed by atoms with van der Waals surface area (Å²) in [5.74, 6) is -0.0716. The molecule has 2 fully saturated rings. The third-order valence-corrected chi connectivity index (χ3v) is 4.59. The lowest BCUT2D eigenvalue weighted by Crippen LogP contribution is -2.60. The molecule has 2 saturated heterocycles. The van der Waals surface area contributed by atoms with Crippen molar-refractivity contribution in [1.29, 1.82) is 0 Å². The molecule has 6 heteroatoms. The number of hydrogen-bond donors (Lipinski definition) is 0. The highest BCUT2D eigenvalue weighted by Crippen LogP contribution is 2.21. The van der Waals surface area contributed by atoms with Crippen molar-refractivity contribution >= 4 is 17.7 Å². The van der Waals surface area contributed by atoms with Crippen LogP contribution >= 0.6 is 0 Å². The number of piperazine rings is 1. The molecule has 2 atom stereocenters.